The number of primary amides is 1. The normalized spacial score (nSPS) is 18.2. The van der Waals surface area contributed by atoms with Crippen molar-refractivity contribution in [2.45, 2.75) is 25.9 Å². The Morgan fingerprint density at radius 1 is 1.18 bits per heavy atom. The van der Waals surface area contributed by atoms with E-state index in [0.717, 1.165) is 15.4 Å². The van der Waals surface area contributed by atoms with E-state index in [1.54, 1.807) is 6.92 Å². The van der Waals surface area contributed by atoms with E-state index in [1.807, 2.05) is 0 Å². The van der Waals surface area contributed by atoms with Gasteiger partial charge in [0.1, 0.15) is 23.1 Å². The predicted octanol–water partition coefficient (Wildman–Crippen LogP) is 4.56. The number of piperidine rings is 1. The lowest BCUT2D eigenvalue weighted by Crippen LogP contribution is -2.47. The van der Waals surface area contributed by atoms with Gasteiger partial charge in [-0.2, -0.15) is 32.8 Å². The molecule has 4 aromatic rings. The summed E-state index contributed by atoms with van der Waals surface area (Å²) in [5.74, 6) is -7.82. The van der Waals surface area contributed by atoms with Crippen molar-refractivity contribution < 1.29 is 31.1 Å². The third-order valence-corrected chi connectivity index (χ3v) is 6.99. The maximum atomic E-state index is 14.5. The highest BCUT2D eigenvalue weighted by molar-refractivity contribution is 6.31. The van der Waals surface area contributed by atoms with Crippen molar-refractivity contribution in [1.29, 1.82) is 0 Å². The molecule has 2 atom stereocenters. The topological polar surface area (TPSA) is 107 Å². The van der Waals surface area contributed by atoms with Gasteiger partial charge in [-0.1, -0.05) is 24.9 Å². The smallest absolute Gasteiger partial charge is 0.366 e. The van der Waals surface area contributed by atoms with Crippen LogP contribution in [0.25, 0.3) is 22.9 Å². The molecule has 1 saturated heterocycles. The summed E-state index contributed by atoms with van der Waals surface area (Å²) >= 11 is 6.46. The van der Waals surface area contributed by atoms with Crippen molar-refractivity contribution in [3.63, 3.8) is 0 Å². The standard InChI is InChI=1S/C23H19ClF6N8O/c1-2-10-3-4-36(9-13(10)23(28,29)30)21-17(37-8-11(7-32-37)19(31)39)18(24)33-22-34-20(35-38(21)22)16-14(26)5-12(25)6-15(16)27/h5-8,10,13H,2-4,9H2,1H3,(H2,31,39). The molecule has 5 rings (SSSR count). The largest absolute Gasteiger partial charge is 0.393 e. The number of benzene rings is 1. The van der Waals surface area contributed by atoms with E-state index in [0.29, 0.717) is 18.6 Å². The van der Waals surface area contributed by atoms with Gasteiger partial charge in [0.05, 0.1) is 23.2 Å². The van der Waals surface area contributed by atoms with Crippen LogP contribution in [0.2, 0.25) is 5.15 Å². The van der Waals surface area contributed by atoms with E-state index < -0.39 is 59.3 Å². The molecule has 0 bridgehead atoms. The van der Waals surface area contributed by atoms with Crippen LogP contribution < -0.4 is 10.6 Å². The second-order valence-electron chi connectivity index (χ2n) is 9.06. The summed E-state index contributed by atoms with van der Waals surface area (Å²) < 4.78 is 86.8. The highest BCUT2D eigenvalue weighted by Crippen LogP contribution is 2.42. The monoisotopic (exact) mass is 572 g/mol. The summed E-state index contributed by atoms with van der Waals surface area (Å²) in [4.78, 5) is 21.1. The molecule has 16 heteroatoms. The molecule has 0 aliphatic carbocycles. The number of anilines is 1. The number of nitrogens with two attached hydrogens (primary N) is 1. The number of amides is 1. The molecule has 1 amide bonds. The van der Waals surface area contributed by atoms with Crippen molar-refractivity contribution in [3.05, 3.63) is 52.7 Å². The number of alkyl halides is 3. The molecule has 3 aromatic heterocycles. The van der Waals surface area contributed by atoms with Gasteiger partial charge in [0.15, 0.2) is 16.8 Å². The van der Waals surface area contributed by atoms with E-state index in [4.69, 9.17) is 17.3 Å². The minimum Gasteiger partial charge on any atom is -0.366 e. The Labute approximate surface area is 221 Å². The summed E-state index contributed by atoms with van der Waals surface area (Å²) in [5.41, 5.74) is 4.46. The molecule has 1 aliphatic heterocycles. The Bertz CT molecular complexity index is 1560. The number of fused-ring (bicyclic) bond motifs is 1. The third-order valence-electron chi connectivity index (χ3n) is 6.72. The van der Waals surface area contributed by atoms with Gasteiger partial charge in [-0.25, -0.2) is 17.9 Å². The van der Waals surface area contributed by atoms with Gasteiger partial charge in [0.25, 0.3) is 11.7 Å². The zero-order chi connectivity index (χ0) is 28.2. The molecule has 1 aromatic carbocycles. The fourth-order valence-electron chi connectivity index (χ4n) is 4.82. The quantitative estimate of drug-likeness (QED) is 0.277. The second-order valence-corrected chi connectivity index (χ2v) is 9.41. The minimum absolute atomic E-state index is 0.0234. The van der Waals surface area contributed by atoms with Crippen molar-refractivity contribution >= 4 is 29.1 Å². The van der Waals surface area contributed by atoms with Crippen LogP contribution in [0.4, 0.5) is 32.2 Å². The van der Waals surface area contributed by atoms with Gasteiger partial charge in [-0.05, 0) is 12.3 Å². The zero-order valence-electron chi connectivity index (χ0n) is 20.1. The Hall–Kier alpha value is -3.88. The molecule has 0 radical (unpaired) electrons. The molecule has 2 unspecified atom stereocenters. The highest BCUT2D eigenvalue weighted by atomic mass is 35.5. The van der Waals surface area contributed by atoms with Crippen LogP contribution in [0, 0.1) is 29.3 Å². The summed E-state index contributed by atoms with van der Waals surface area (Å²) in [6.07, 6.45) is -1.72. The van der Waals surface area contributed by atoms with Crippen LogP contribution in [-0.2, 0) is 0 Å². The molecular formula is C23H19ClF6N8O. The fourth-order valence-corrected chi connectivity index (χ4v) is 5.07. The molecule has 0 saturated carbocycles. The van der Waals surface area contributed by atoms with Crippen LogP contribution >= 0.6 is 11.6 Å². The Kier molecular flexibility index (Phi) is 6.64. The van der Waals surface area contributed by atoms with Crippen molar-refractivity contribution in [1.82, 2.24) is 29.4 Å². The number of nitrogens with zero attached hydrogens (tertiary/aromatic N) is 7. The molecular weight excluding hydrogens is 554 g/mol. The van der Waals surface area contributed by atoms with Crippen LogP contribution in [0.1, 0.15) is 30.1 Å². The number of hydrogen-bond donors (Lipinski definition) is 1. The number of carbonyl (C=O) groups excluding carboxylic acids is 1. The first-order chi connectivity index (χ1) is 18.4. The van der Waals surface area contributed by atoms with Crippen LogP contribution in [0.3, 0.4) is 0 Å². The minimum atomic E-state index is -4.52. The summed E-state index contributed by atoms with van der Waals surface area (Å²) in [6, 6.07) is 0.880. The molecule has 1 fully saturated rings. The SMILES string of the molecule is CCC1CCN(c2c(-n3cc(C(N)=O)cn3)c(Cl)nc3nc(-c4c(F)cc(F)cc4F)nn23)CC1C(F)(F)F. The van der Waals surface area contributed by atoms with Crippen LogP contribution in [-0.4, -0.2) is 54.5 Å². The number of halogens is 7. The number of aromatic nitrogens is 6. The Morgan fingerprint density at radius 3 is 2.46 bits per heavy atom. The number of hydrogen-bond acceptors (Lipinski definition) is 6. The molecule has 0 spiro atoms. The summed E-state index contributed by atoms with van der Waals surface area (Å²) in [5, 5.41) is 7.89. The summed E-state index contributed by atoms with van der Waals surface area (Å²) in [6.45, 7) is 1.31. The highest BCUT2D eigenvalue weighted by Gasteiger charge is 2.47. The number of rotatable bonds is 5. The average Bonchev–Trinajstić information content (AvgIpc) is 3.49. The first-order valence-corrected chi connectivity index (χ1v) is 12.0. The first kappa shape index (κ1) is 26.7. The van der Waals surface area contributed by atoms with Gasteiger partial charge < -0.3 is 10.6 Å². The lowest BCUT2D eigenvalue weighted by Gasteiger charge is -2.40. The van der Waals surface area contributed by atoms with E-state index in [1.165, 1.54) is 11.1 Å². The molecule has 206 valence electrons. The van der Waals surface area contributed by atoms with Gasteiger partial charge in [0, 0.05) is 31.4 Å². The second kappa shape index (κ2) is 9.70. The summed E-state index contributed by atoms with van der Waals surface area (Å²) in [7, 11) is 0. The maximum absolute atomic E-state index is 14.5. The van der Waals surface area contributed by atoms with Crippen molar-refractivity contribution in [3.8, 4) is 17.1 Å². The van der Waals surface area contributed by atoms with E-state index >= 15 is 0 Å². The molecule has 2 N–H and O–H groups in total. The van der Waals surface area contributed by atoms with E-state index in [9.17, 15) is 31.1 Å². The van der Waals surface area contributed by atoms with Gasteiger partial charge in [-0.15, -0.1) is 5.10 Å². The average molecular weight is 573 g/mol. The zero-order valence-corrected chi connectivity index (χ0v) is 20.8. The van der Waals surface area contributed by atoms with Crippen LogP contribution in [0.5, 0.6) is 0 Å². The van der Waals surface area contributed by atoms with Crippen molar-refractivity contribution in [2.75, 3.05) is 18.0 Å². The van der Waals surface area contributed by atoms with E-state index in [2.05, 4.69) is 20.2 Å². The Balaban J connectivity index is 1.75. The maximum Gasteiger partial charge on any atom is 0.393 e. The van der Waals surface area contributed by atoms with Crippen LogP contribution in [0.15, 0.2) is 24.5 Å². The van der Waals surface area contributed by atoms with Gasteiger partial charge in [-0.3, -0.25) is 4.79 Å². The molecule has 1 aliphatic rings. The molecule has 4 heterocycles. The lowest BCUT2D eigenvalue weighted by atomic mass is 9.83. The molecule has 39 heavy (non-hydrogen) atoms. The predicted molar refractivity (Wildman–Crippen MR) is 127 cm³/mol. The van der Waals surface area contributed by atoms with Crippen molar-refractivity contribution in [2.24, 2.45) is 17.6 Å². The van der Waals surface area contributed by atoms with E-state index in [-0.39, 0.29) is 41.0 Å². The Morgan fingerprint density at radius 2 is 1.87 bits per heavy atom. The molecule has 9 nitrogen and oxygen atoms in total. The van der Waals surface area contributed by atoms with Gasteiger partial charge >= 0.3 is 6.18 Å². The third kappa shape index (κ3) is 4.75. The number of carbonyl (C=O) groups is 1. The fraction of sp³-hybridized carbons (Fsp3) is 0.348. The van der Waals surface area contributed by atoms with Gasteiger partial charge in [0.2, 0.25) is 0 Å². The first-order valence-electron chi connectivity index (χ1n) is 11.7. The lowest BCUT2D eigenvalue weighted by molar-refractivity contribution is -0.189.